The van der Waals surface area contributed by atoms with Crippen LogP contribution in [-0.2, 0) is 19.0 Å². The van der Waals surface area contributed by atoms with Crippen LogP contribution in [0.15, 0.2) is 0 Å². The van der Waals surface area contributed by atoms with Crippen molar-refractivity contribution in [2.75, 3.05) is 33.5 Å². The third-order valence-electron chi connectivity index (χ3n) is 3.19. The summed E-state index contributed by atoms with van der Waals surface area (Å²) in [6, 6.07) is -0.202. The fourth-order valence-electron chi connectivity index (χ4n) is 2.08. The smallest absolute Gasteiger partial charge is 0.323 e. The zero-order valence-corrected chi connectivity index (χ0v) is 9.61. The highest BCUT2D eigenvalue weighted by Gasteiger charge is 2.31. The first-order valence-electron chi connectivity index (χ1n) is 5.80. The van der Waals surface area contributed by atoms with Crippen LogP contribution in [-0.4, -0.2) is 51.6 Å². The Hall–Kier alpha value is -0.650. The number of hydrogen-bond acceptors (Lipinski definition) is 5. The maximum Gasteiger partial charge on any atom is 0.323 e. The summed E-state index contributed by atoms with van der Waals surface area (Å²) in [7, 11) is 1.66. The van der Waals surface area contributed by atoms with E-state index in [9.17, 15) is 4.79 Å². The molecule has 0 aromatic rings. The van der Waals surface area contributed by atoms with Crippen molar-refractivity contribution in [3.05, 3.63) is 0 Å². The molecule has 3 unspecified atom stereocenters. The normalized spacial score (nSPS) is 34.2. The number of esters is 1. The number of carbonyl (C=O) groups excluding carboxylic acids is 1. The fourth-order valence-corrected chi connectivity index (χ4v) is 2.08. The molecule has 92 valence electrons. The van der Waals surface area contributed by atoms with Gasteiger partial charge in [-0.3, -0.25) is 4.79 Å². The molecule has 0 aromatic heterocycles. The van der Waals surface area contributed by atoms with Crippen LogP contribution in [0.2, 0.25) is 0 Å². The lowest BCUT2D eigenvalue weighted by Crippen LogP contribution is -2.33. The summed E-state index contributed by atoms with van der Waals surface area (Å²) in [5, 5.41) is 3.10. The van der Waals surface area contributed by atoms with Crippen LogP contribution >= 0.6 is 0 Å². The molecule has 2 fully saturated rings. The fraction of sp³-hybridized carbons (Fsp3) is 0.909. The van der Waals surface area contributed by atoms with E-state index in [1.807, 2.05) is 0 Å². The maximum absolute atomic E-state index is 11.7. The number of carbonyl (C=O) groups is 1. The Morgan fingerprint density at radius 2 is 2.44 bits per heavy atom. The van der Waals surface area contributed by atoms with E-state index in [0.29, 0.717) is 25.6 Å². The van der Waals surface area contributed by atoms with Crippen molar-refractivity contribution >= 4 is 5.97 Å². The standard InChI is InChI=1S/C11H19NO4/c1-14-9-4-10(12-5-9)11(13)16-7-8-2-3-15-6-8/h8-10,12H,2-7H2,1H3. The van der Waals surface area contributed by atoms with Gasteiger partial charge >= 0.3 is 5.97 Å². The predicted octanol–water partition coefficient (Wildman–Crippen LogP) is -0.0570. The molecule has 0 bridgehead atoms. The molecule has 0 aliphatic carbocycles. The summed E-state index contributed by atoms with van der Waals surface area (Å²) in [6.45, 7) is 2.71. The summed E-state index contributed by atoms with van der Waals surface area (Å²) in [5.41, 5.74) is 0. The van der Waals surface area contributed by atoms with E-state index in [1.54, 1.807) is 7.11 Å². The molecule has 16 heavy (non-hydrogen) atoms. The molecule has 0 amide bonds. The van der Waals surface area contributed by atoms with Crippen LogP contribution < -0.4 is 5.32 Å². The number of nitrogens with one attached hydrogen (secondary N) is 1. The first-order valence-corrected chi connectivity index (χ1v) is 5.80. The van der Waals surface area contributed by atoms with Gasteiger partial charge in [-0.15, -0.1) is 0 Å². The van der Waals surface area contributed by atoms with E-state index in [4.69, 9.17) is 14.2 Å². The van der Waals surface area contributed by atoms with Gasteiger partial charge in [0.15, 0.2) is 0 Å². The van der Waals surface area contributed by atoms with Crippen molar-refractivity contribution < 1.29 is 19.0 Å². The second-order valence-electron chi connectivity index (χ2n) is 4.41. The van der Waals surface area contributed by atoms with Crippen molar-refractivity contribution in [2.24, 2.45) is 5.92 Å². The van der Waals surface area contributed by atoms with Gasteiger partial charge in [0.1, 0.15) is 6.04 Å². The monoisotopic (exact) mass is 229 g/mol. The third kappa shape index (κ3) is 2.93. The highest BCUT2D eigenvalue weighted by Crippen LogP contribution is 2.15. The van der Waals surface area contributed by atoms with E-state index in [2.05, 4.69) is 5.32 Å². The van der Waals surface area contributed by atoms with Gasteiger partial charge in [-0.05, 0) is 6.42 Å². The van der Waals surface area contributed by atoms with Gasteiger partial charge < -0.3 is 19.5 Å². The van der Waals surface area contributed by atoms with E-state index < -0.39 is 0 Å². The Morgan fingerprint density at radius 3 is 3.06 bits per heavy atom. The van der Waals surface area contributed by atoms with Gasteiger partial charge in [-0.2, -0.15) is 0 Å². The Labute approximate surface area is 95.4 Å². The molecule has 0 radical (unpaired) electrons. The summed E-state index contributed by atoms with van der Waals surface area (Å²) in [4.78, 5) is 11.7. The minimum atomic E-state index is -0.202. The van der Waals surface area contributed by atoms with Gasteiger partial charge in [0.05, 0.1) is 19.3 Å². The second kappa shape index (κ2) is 5.61. The van der Waals surface area contributed by atoms with Crippen LogP contribution in [0.3, 0.4) is 0 Å². The molecule has 2 aliphatic heterocycles. The van der Waals surface area contributed by atoms with Crippen LogP contribution in [0.25, 0.3) is 0 Å². The molecule has 5 heteroatoms. The maximum atomic E-state index is 11.7. The Bertz CT molecular complexity index is 240. The summed E-state index contributed by atoms with van der Waals surface area (Å²) >= 11 is 0. The van der Waals surface area contributed by atoms with Crippen molar-refractivity contribution in [1.82, 2.24) is 5.32 Å². The van der Waals surface area contributed by atoms with E-state index >= 15 is 0 Å². The molecule has 2 rings (SSSR count). The van der Waals surface area contributed by atoms with Crippen LogP contribution in [0.5, 0.6) is 0 Å². The molecule has 0 spiro atoms. The van der Waals surface area contributed by atoms with Crippen molar-refractivity contribution in [3.8, 4) is 0 Å². The Balaban J connectivity index is 1.67. The number of ether oxygens (including phenoxy) is 3. The second-order valence-corrected chi connectivity index (χ2v) is 4.41. The van der Waals surface area contributed by atoms with E-state index in [-0.39, 0.29) is 18.1 Å². The van der Waals surface area contributed by atoms with Crippen LogP contribution in [0.4, 0.5) is 0 Å². The first kappa shape index (κ1) is 11.8. The van der Waals surface area contributed by atoms with E-state index in [0.717, 1.165) is 19.6 Å². The number of methoxy groups -OCH3 is 1. The van der Waals surface area contributed by atoms with Crippen molar-refractivity contribution in [1.29, 1.82) is 0 Å². The summed E-state index contributed by atoms with van der Waals surface area (Å²) in [6.07, 6.45) is 1.83. The molecular weight excluding hydrogens is 210 g/mol. The lowest BCUT2D eigenvalue weighted by Gasteiger charge is -2.12. The molecule has 2 aliphatic rings. The van der Waals surface area contributed by atoms with E-state index in [1.165, 1.54) is 0 Å². The molecule has 2 heterocycles. The predicted molar refractivity (Wildman–Crippen MR) is 57.1 cm³/mol. The summed E-state index contributed by atoms with van der Waals surface area (Å²) < 4.78 is 15.7. The summed E-state index contributed by atoms with van der Waals surface area (Å²) in [5.74, 6) is 0.218. The van der Waals surface area contributed by atoms with Crippen molar-refractivity contribution in [2.45, 2.75) is 25.0 Å². The quantitative estimate of drug-likeness (QED) is 0.685. The highest BCUT2D eigenvalue weighted by molar-refractivity contribution is 5.76. The lowest BCUT2D eigenvalue weighted by atomic mass is 10.1. The molecule has 0 saturated carbocycles. The molecular formula is C11H19NO4. The first-order chi connectivity index (χ1) is 7.79. The van der Waals surface area contributed by atoms with Gasteiger partial charge in [-0.1, -0.05) is 0 Å². The number of rotatable bonds is 4. The molecule has 0 aromatic carbocycles. The van der Waals surface area contributed by atoms with Gasteiger partial charge in [0.2, 0.25) is 0 Å². The molecule has 3 atom stereocenters. The molecule has 2 saturated heterocycles. The zero-order chi connectivity index (χ0) is 11.4. The number of hydrogen-bond donors (Lipinski definition) is 1. The van der Waals surface area contributed by atoms with Crippen LogP contribution in [0.1, 0.15) is 12.8 Å². The average molecular weight is 229 g/mol. The topological polar surface area (TPSA) is 56.8 Å². The average Bonchev–Trinajstić information content (AvgIpc) is 2.96. The largest absolute Gasteiger partial charge is 0.464 e. The Kier molecular flexibility index (Phi) is 4.15. The molecule has 5 nitrogen and oxygen atoms in total. The van der Waals surface area contributed by atoms with Crippen molar-refractivity contribution in [3.63, 3.8) is 0 Å². The minimum absolute atomic E-state index is 0.132. The van der Waals surface area contributed by atoms with Gasteiger partial charge in [0.25, 0.3) is 0 Å². The SMILES string of the molecule is COC1CNC(C(=O)OCC2CCOC2)C1. The molecule has 1 N–H and O–H groups in total. The van der Waals surface area contributed by atoms with Gasteiger partial charge in [0, 0.05) is 32.6 Å². The highest BCUT2D eigenvalue weighted by atomic mass is 16.5. The zero-order valence-electron chi connectivity index (χ0n) is 9.61. The third-order valence-corrected chi connectivity index (χ3v) is 3.19. The Morgan fingerprint density at radius 1 is 1.56 bits per heavy atom. The lowest BCUT2D eigenvalue weighted by molar-refractivity contribution is -0.147. The van der Waals surface area contributed by atoms with Crippen LogP contribution in [0, 0.1) is 5.92 Å². The minimum Gasteiger partial charge on any atom is -0.464 e. The van der Waals surface area contributed by atoms with Gasteiger partial charge in [-0.25, -0.2) is 0 Å².